The Bertz CT molecular complexity index is 350. The largest absolute Gasteiger partial charge is 0.382 e. The van der Waals surface area contributed by atoms with Crippen LogP contribution in [0.15, 0.2) is 4.79 Å². The van der Waals surface area contributed by atoms with E-state index in [0.717, 1.165) is 13.0 Å². The van der Waals surface area contributed by atoms with E-state index in [2.05, 4.69) is 20.5 Å². The maximum Gasteiger partial charge on any atom is 0.273 e. The number of H-pyrrole nitrogens is 1. The third-order valence-corrected chi connectivity index (χ3v) is 1.82. The molecule has 1 heterocycles. The fourth-order valence-electron chi connectivity index (χ4n) is 0.998. The first-order valence-electron chi connectivity index (χ1n) is 4.99. The number of aromatic nitrogens is 3. The van der Waals surface area contributed by atoms with Gasteiger partial charge >= 0.3 is 0 Å². The Hall–Kier alpha value is -1.43. The number of nitrogens with one attached hydrogen (secondary N) is 2. The molecule has 15 heavy (non-hydrogen) atoms. The van der Waals surface area contributed by atoms with Crippen molar-refractivity contribution in [3.05, 3.63) is 16.0 Å². The number of anilines is 1. The van der Waals surface area contributed by atoms with Crippen LogP contribution in [-0.4, -0.2) is 34.9 Å². The summed E-state index contributed by atoms with van der Waals surface area (Å²) in [6, 6.07) is 0. The van der Waals surface area contributed by atoms with Crippen molar-refractivity contribution in [1.29, 1.82) is 0 Å². The molecule has 0 aliphatic heterocycles. The summed E-state index contributed by atoms with van der Waals surface area (Å²) in [6.07, 6.45) is 0.866. The van der Waals surface area contributed by atoms with Crippen molar-refractivity contribution in [3.63, 3.8) is 0 Å². The van der Waals surface area contributed by atoms with Gasteiger partial charge < -0.3 is 10.1 Å². The Morgan fingerprint density at radius 1 is 1.47 bits per heavy atom. The Labute approximate surface area is 88.1 Å². The lowest BCUT2D eigenvalue weighted by atomic mass is 10.4. The number of rotatable bonds is 6. The SMILES string of the molecule is CCOCCCNc1nnc(C)c(=O)[nH]1. The second-order valence-electron chi connectivity index (χ2n) is 3.07. The van der Waals surface area contributed by atoms with E-state index >= 15 is 0 Å². The highest BCUT2D eigenvalue weighted by molar-refractivity contribution is 5.20. The molecule has 6 heteroatoms. The monoisotopic (exact) mass is 212 g/mol. The van der Waals surface area contributed by atoms with E-state index in [1.807, 2.05) is 6.92 Å². The van der Waals surface area contributed by atoms with Crippen LogP contribution in [-0.2, 0) is 4.74 Å². The molecule has 84 valence electrons. The molecule has 0 spiro atoms. The van der Waals surface area contributed by atoms with Crippen molar-refractivity contribution >= 4 is 5.95 Å². The first-order chi connectivity index (χ1) is 7.24. The smallest absolute Gasteiger partial charge is 0.273 e. The van der Waals surface area contributed by atoms with Gasteiger partial charge in [-0.3, -0.25) is 9.78 Å². The number of hydrogen-bond acceptors (Lipinski definition) is 5. The van der Waals surface area contributed by atoms with Crippen LogP contribution in [0.1, 0.15) is 19.0 Å². The van der Waals surface area contributed by atoms with Crippen molar-refractivity contribution in [2.24, 2.45) is 0 Å². The van der Waals surface area contributed by atoms with E-state index in [9.17, 15) is 4.79 Å². The van der Waals surface area contributed by atoms with Gasteiger partial charge in [-0.2, -0.15) is 0 Å². The normalized spacial score (nSPS) is 10.3. The molecular weight excluding hydrogens is 196 g/mol. The highest BCUT2D eigenvalue weighted by Gasteiger charge is 1.98. The number of ether oxygens (including phenoxy) is 1. The molecule has 1 aromatic heterocycles. The van der Waals surface area contributed by atoms with Crippen LogP contribution in [0.25, 0.3) is 0 Å². The Balaban J connectivity index is 2.32. The minimum atomic E-state index is -0.211. The van der Waals surface area contributed by atoms with Gasteiger partial charge in [-0.15, -0.1) is 10.2 Å². The maximum atomic E-state index is 11.2. The maximum absolute atomic E-state index is 11.2. The van der Waals surface area contributed by atoms with Gasteiger partial charge in [-0.05, 0) is 20.3 Å². The first kappa shape index (κ1) is 11.6. The average Bonchev–Trinajstić information content (AvgIpc) is 2.23. The van der Waals surface area contributed by atoms with Crippen molar-refractivity contribution in [3.8, 4) is 0 Å². The summed E-state index contributed by atoms with van der Waals surface area (Å²) in [7, 11) is 0. The minimum Gasteiger partial charge on any atom is -0.382 e. The molecular formula is C9H16N4O2. The third kappa shape index (κ3) is 4.07. The molecule has 1 rings (SSSR count). The van der Waals surface area contributed by atoms with E-state index in [0.29, 0.717) is 24.8 Å². The van der Waals surface area contributed by atoms with E-state index in [1.54, 1.807) is 6.92 Å². The summed E-state index contributed by atoms with van der Waals surface area (Å²) < 4.78 is 5.17. The molecule has 0 saturated carbocycles. The third-order valence-electron chi connectivity index (χ3n) is 1.82. The molecule has 0 radical (unpaired) electrons. The second kappa shape index (κ2) is 6.13. The summed E-state index contributed by atoms with van der Waals surface area (Å²) in [5.74, 6) is 0.405. The fourth-order valence-corrected chi connectivity index (χ4v) is 0.998. The van der Waals surface area contributed by atoms with Gasteiger partial charge in [-0.25, -0.2) is 0 Å². The van der Waals surface area contributed by atoms with E-state index in [1.165, 1.54) is 0 Å². The zero-order valence-corrected chi connectivity index (χ0v) is 9.04. The Morgan fingerprint density at radius 2 is 2.27 bits per heavy atom. The van der Waals surface area contributed by atoms with Crippen LogP contribution in [0.5, 0.6) is 0 Å². The van der Waals surface area contributed by atoms with Crippen LogP contribution in [0, 0.1) is 6.92 Å². The van der Waals surface area contributed by atoms with Crippen molar-refractivity contribution in [2.45, 2.75) is 20.3 Å². The molecule has 0 fully saturated rings. The van der Waals surface area contributed by atoms with Gasteiger partial charge in [0.1, 0.15) is 5.69 Å². The van der Waals surface area contributed by atoms with Gasteiger partial charge in [0.05, 0.1) is 0 Å². The van der Waals surface area contributed by atoms with Crippen molar-refractivity contribution in [1.82, 2.24) is 15.2 Å². The van der Waals surface area contributed by atoms with E-state index in [-0.39, 0.29) is 5.56 Å². The summed E-state index contributed by atoms with van der Waals surface area (Å²) >= 11 is 0. The minimum absolute atomic E-state index is 0.211. The van der Waals surface area contributed by atoms with Gasteiger partial charge in [0.15, 0.2) is 0 Å². The predicted molar refractivity (Wildman–Crippen MR) is 57.0 cm³/mol. The fraction of sp³-hybridized carbons (Fsp3) is 0.667. The van der Waals surface area contributed by atoms with Crippen molar-refractivity contribution in [2.75, 3.05) is 25.1 Å². The summed E-state index contributed by atoms with van der Waals surface area (Å²) in [5, 5.41) is 10.5. The highest BCUT2D eigenvalue weighted by Crippen LogP contribution is 1.91. The molecule has 0 aliphatic rings. The summed E-state index contributed by atoms with van der Waals surface area (Å²) in [4.78, 5) is 13.7. The quantitative estimate of drug-likeness (QED) is 0.663. The topological polar surface area (TPSA) is 79.9 Å². The average molecular weight is 212 g/mol. The van der Waals surface area contributed by atoms with E-state index in [4.69, 9.17) is 4.74 Å². The highest BCUT2D eigenvalue weighted by atomic mass is 16.5. The Kier molecular flexibility index (Phi) is 4.76. The Morgan fingerprint density at radius 3 is 2.93 bits per heavy atom. The van der Waals surface area contributed by atoms with Gasteiger partial charge in [-0.1, -0.05) is 0 Å². The molecule has 1 aromatic rings. The molecule has 0 atom stereocenters. The molecule has 0 bridgehead atoms. The van der Waals surface area contributed by atoms with Crippen molar-refractivity contribution < 1.29 is 4.74 Å². The van der Waals surface area contributed by atoms with Gasteiger partial charge in [0.2, 0.25) is 5.95 Å². The summed E-state index contributed by atoms with van der Waals surface area (Å²) in [5.41, 5.74) is 0.159. The van der Waals surface area contributed by atoms with Crippen LogP contribution in [0.2, 0.25) is 0 Å². The van der Waals surface area contributed by atoms with Crippen LogP contribution in [0.3, 0.4) is 0 Å². The van der Waals surface area contributed by atoms with Crippen LogP contribution < -0.4 is 10.9 Å². The number of aromatic amines is 1. The van der Waals surface area contributed by atoms with Crippen LogP contribution >= 0.6 is 0 Å². The number of aryl methyl sites for hydroxylation is 1. The second-order valence-corrected chi connectivity index (χ2v) is 3.07. The summed E-state index contributed by atoms with van der Waals surface area (Å²) in [6.45, 7) is 5.70. The molecule has 0 unspecified atom stereocenters. The number of hydrogen-bond donors (Lipinski definition) is 2. The van der Waals surface area contributed by atoms with E-state index < -0.39 is 0 Å². The molecule has 0 saturated heterocycles. The molecule has 6 nitrogen and oxygen atoms in total. The molecule has 0 aromatic carbocycles. The predicted octanol–water partition coefficient (Wildman–Crippen LogP) is 0.312. The molecule has 0 amide bonds. The first-order valence-corrected chi connectivity index (χ1v) is 4.99. The molecule has 0 aliphatic carbocycles. The lowest BCUT2D eigenvalue weighted by molar-refractivity contribution is 0.147. The zero-order chi connectivity index (χ0) is 11.1. The van der Waals surface area contributed by atoms with Gasteiger partial charge in [0.25, 0.3) is 5.56 Å². The lowest BCUT2D eigenvalue weighted by Crippen LogP contribution is -2.18. The zero-order valence-electron chi connectivity index (χ0n) is 9.04. The van der Waals surface area contributed by atoms with Crippen LogP contribution in [0.4, 0.5) is 5.95 Å². The lowest BCUT2D eigenvalue weighted by Gasteiger charge is -2.04. The van der Waals surface area contributed by atoms with Gasteiger partial charge in [0, 0.05) is 19.8 Å². The molecule has 2 N–H and O–H groups in total. The number of nitrogens with zero attached hydrogens (tertiary/aromatic N) is 2. The standard InChI is InChI=1S/C9H16N4O2/c1-3-15-6-4-5-10-9-11-8(14)7(2)12-13-9/h3-6H2,1-2H3,(H2,10,11,13,14).